The van der Waals surface area contributed by atoms with E-state index in [9.17, 15) is 4.79 Å². The number of hydrogen-bond acceptors (Lipinski definition) is 2. The van der Waals surface area contributed by atoms with Gasteiger partial charge in [-0.15, -0.1) is 0 Å². The lowest BCUT2D eigenvalue weighted by Gasteiger charge is -2.14. The summed E-state index contributed by atoms with van der Waals surface area (Å²) in [6, 6.07) is 6.53. The number of aromatic amines is 1. The molecule has 0 unspecified atom stereocenters. The van der Waals surface area contributed by atoms with Crippen LogP contribution in [0.2, 0.25) is 0 Å². The molecule has 0 aliphatic heterocycles. The minimum Gasteiger partial charge on any atom is -0.361 e. The van der Waals surface area contributed by atoms with Crippen molar-refractivity contribution in [2.45, 2.75) is 45.1 Å². The molecular formula is C18H25N3O. The molecule has 4 nitrogen and oxygen atoms in total. The Morgan fingerprint density at radius 2 is 2.27 bits per heavy atom. The smallest absolute Gasteiger partial charge is 0.220 e. The lowest BCUT2D eigenvalue weighted by Crippen LogP contribution is -2.32. The summed E-state index contributed by atoms with van der Waals surface area (Å²) in [4.78, 5) is 15.3. The van der Waals surface area contributed by atoms with Crippen molar-refractivity contribution in [1.82, 2.24) is 10.3 Å². The van der Waals surface area contributed by atoms with Crippen LogP contribution in [0.1, 0.15) is 36.8 Å². The van der Waals surface area contributed by atoms with Crippen molar-refractivity contribution in [2.75, 3.05) is 6.54 Å². The maximum atomic E-state index is 12.0. The number of fused-ring (bicyclic) bond motifs is 1. The summed E-state index contributed by atoms with van der Waals surface area (Å²) in [6.45, 7) is 2.79. The molecule has 3 rings (SSSR count). The van der Waals surface area contributed by atoms with Gasteiger partial charge in [-0.2, -0.15) is 0 Å². The molecule has 0 radical (unpaired) electrons. The van der Waals surface area contributed by atoms with Gasteiger partial charge in [0.05, 0.1) is 0 Å². The van der Waals surface area contributed by atoms with Gasteiger partial charge in [0.15, 0.2) is 0 Å². The zero-order valence-electron chi connectivity index (χ0n) is 13.2. The summed E-state index contributed by atoms with van der Waals surface area (Å²) >= 11 is 0. The number of carbonyl (C=O) groups excluding carboxylic acids is 1. The van der Waals surface area contributed by atoms with Crippen LogP contribution in [-0.4, -0.2) is 23.5 Å². The highest BCUT2D eigenvalue weighted by Crippen LogP contribution is 2.26. The maximum Gasteiger partial charge on any atom is 0.220 e. The van der Waals surface area contributed by atoms with Crippen LogP contribution in [0.5, 0.6) is 0 Å². The highest BCUT2D eigenvalue weighted by Gasteiger charge is 2.25. The fourth-order valence-corrected chi connectivity index (χ4v) is 3.54. The molecule has 22 heavy (non-hydrogen) atoms. The molecule has 2 atom stereocenters. The van der Waals surface area contributed by atoms with Gasteiger partial charge in [-0.05, 0) is 43.2 Å². The third kappa shape index (κ3) is 3.17. The van der Waals surface area contributed by atoms with Gasteiger partial charge in [-0.25, -0.2) is 0 Å². The molecule has 1 saturated carbocycles. The number of amides is 1. The molecule has 1 aliphatic carbocycles. The van der Waals surface area contributed by atoms with Crippen LogP contribution < -0.4 is 11.1 Å². The normalized spacial score (nSPS) is 21.4. The minimum atomic E-state index is 0.137. The van der Waals surface area contributed by atoms with Gasteiger partial charge in [0, 0.05) is 36.1 Å². The number of aromatic nitrogens is 1. The van der Waals surface area contributed by atoms with E-state index in [1.54, 1.807) is 0 Å². The number of benzene rings is 1. The minimum absolute atomic E-state index is 0.137. The lowest BCUT2D eigenvalue weighted by molar-refractivity contribution is -0.122. The molecule has 1 aliphatic rings. The Morgan fingerprint density at radius 1 is 1.41 bits per heavy atom. The summed E-state index contributed by atoms with van der Waals surface area (Å²) in [6.07, 6.45) is 6.80. The van der Waals surface area contributed by atoms with E-state index >= 15 is 0 Å². The van der Waals surface area contributed by atoms with E-state index in [1.165, 1.54) is 22.0 Å². The number of nitrogens with one attached hydrogen (secondary N) is 2. The Bertz CT molecular complexity index is 661. The summed E-state index contributed by atoms with van der Waals surface area (Å²) in [5, 5.41) is 4.30. The van der Waals surface area contributed by atoms with Crippen LogP contribution in [0.4, 0.5) is 0 Å². The number of rotatable bonds is 5. The molecule has 0 bridgehead atoms. The third-order valence-electron chi connectivity index (χ3n) is 4.89. The molecule has 0 spiro atoms. The molecular weight excluding hydrogens is 274 g/mol. The van der Waals surface area contributed by atoms with Gasteiger partial charge in [0.25, 0.3) is 0 Å². The first-order valence-electron chi connectivity index (χ1n) is 8.23. The predicted molar refractivity (Wildman–Crippen MR) is 89.7 cm³/mol. The monoisotopic (exact) mass is 299 g/mol. The quantitative estimate of drug-likeness (QED) is 0.794. The zero-order chi connectivity index (χ0) is 15.5. The van der Waals surface area contributed by atoms with E-state index in [-0.39, 0.29) is 11.9 Å². The van der Waals surface area contributed by atoms with Crippen LogP contribution >= 0.6 is 0 Å². The molecule has 0 saturated heterocycles. The number of H-pyrrole nitrogens is 1. The molecule has 1 aromatic heterocycles. The standard InChI is InChI=1S/C18H25N3O/c1-12-4-2-6-15-14(11-21-18(12)15)8-9-20-17(22)10-13-5-3-7-16(13)19/h2,4,6,11,13,16,21H,3,5,7-10,19H2,1H3,(H,20,22)/t13-,16+/m0/s1. The molecule has 1 aromatic carbocycles. The van der Waals surface area contributed by atoms with Crippen LogP contribution in [0.25, 0.3) is 10.9 Å². The molecule has 1 fully saturated rings. The van der Waals surface area contributed by atoms with Crippen LogP contribution in [0.3, 0.4) is 0 Å². The average molecular weight is 299 g/mol. The number of aryl methyl sites for hydroxylation is 1. The topological polar surface area (TPSA) is 70.9 Å². The third-order valence-corrected chi connectivity index (χ3v) is 4.89. The first-order chi connectivity index (χ1) is 10.6. The van der Waals surface area contributed by atoms with E-state index in [0.29, 0.717) is 18.9 Å². The second-order valence-corrected chi connectivity index (χ2v) is 6.47. The largest absolute Gasteiger partial charge is 0.361 e. The Hall–Kier alpha value is -1.81. The molecule has 118 valence electrons. The number of para-hydroxylation sites is 1. The Kier molecular flexibility index (Phi) is 4.48. The van der Waals surface area contributed by atoms with Gasteiger partial charge in [-0.1, -0.05) is 24.6 Å². The van der Waals surface area contributed by atoms with Gasteiger partial charge in [-0.3, -0.25) is 4.79 Å². The fraction of sp³-hybridized carbons (Fsp3) is 0.500. The SMILES string of the molecule is Cc1cccc2c(CCNC(=O)C[C@@H]3CCC[C@H]3N)c[nH]c12. The highest BCUT2D eigenvalue weighted by atomic mass is 16.1. The molecule has 4 heteroatoms. The van der Waals surface area contributed by atoms with Crippen molar-refractivity contribution in [3.63, 3.8) is 0 Å². The second-order valence-electron chi connectivity index (χ2n) is 6.47. The Labute approximate surface area is 131 Å². The lowest BCUT2D eigenvalue weighted by atomic mass is 10.00. The Morgan fingerprint density at radius 3 is 3.05 bits per heavy atom. The predicted octanol–water partition coefficient (Wildman–Crippen LogP) is 2.65. The van der Waals surface area contributed by atoms with Crippen molar-refractivity contribution in [3.8, 4) is 0 Å². The molecule has 2 aromatic rings. The first kappa shape index (κ1) is 15.1. The van der Waals surface area contributed by atoms with Crippen molar-refractivity contribution in [1.29, 1.82) is 0 Å². The van der Waals surface area contributed by atoms with Crippen molar-refractivity contribution in [2.24, 2.45) is 11.7 Å². The molecule has 1 heterocycles. The van der Waals surface area contributed by atoms with Gasteiger partial charge in [0.2, 0.25) is 5.91 Å². The van der Waals surface area contributed by atoms with Crippen molar-refractivity contribution < 1.29 is 4.79 Å². The average Bonchev–Trinajstić information content (AvgIpc) is 3.08. The van der Waals surface area contributed by atoms with Crippen LogP contribution in [-0.2, 0) is 11.2 Å². The first-order valence-corrected chi connectivity index (χ1v) is 8.23. The summed E-state index contributed by atoms with van der Waals surface area (Å²) in [5.41, 5.74) is 9.73. The van der Waals surface area contributed by atoms with E-state index in [1.807, 2.05) is 0 Å². The summed E-state index contributed by atoms with van der Waals surface area (Å²) < 4.78 is 0. The number of hydrogen-bond donors (Lipinski definition) is 3. The van der Waals surface area contributed by atoms with Crippen molar-refractivity contribution >= 4 is 16.8 Å². The van der Waals surface area contributed by atoms with Gasteiger partial charge in [0.1, 0.15) is 0 Å². The molecule has 1 amide bonds. The second kappa shape index (κ2) is 6.53. The van der Waals surface area contributed by atoms with Gasteiger partial charge < -0.3 is 16.0 Å². The number of nitrogens with two attached hydrogens (primary N) is 1. The fourth-order valence-electron chi connectivity index (χ4n) is 3.54. The van der Waals surface area contributed by atoms with E-state index in [0.717, 1.165) is 25.7 Å². The summed E-state index contributed by atoms with van der Waals surface area (Å²) in [5.74, 6) is 0.508. The van der Waals surface area contributed by atoms with Crippen LogP contribution in [0.15, 0.2) is 24.4 Å². The van der Waals surface area contributed by atoms with Crippen LogP contribution in [0, 0.1) is 12.8 Å². The van der Waals surface area contributed by atoms with E-state index in [4.69, 9.17) is 5.73 Å². The Balaban J connectivity index is 1.52. The summed E-state index contributed by atoms with van der Waals surface area (Å²) in [7, 11) is 0. The van der Waals surface area contributed by atoms with E-state index < -0.39 is 0 Å². The van der Waals surface area contributed by atoms with Crippen molar-refractivity contribution in [3.05, 3.63) is 35.5 Å². The zero-order valence-corrected chi connectivity index (χ0v) is 13.2. The highest BCUT2D eigenvalue weighted by molar-refractivity contribution is 5.86. The molecule has 4 N–H and O–H groups in total. The van der Waals surface area contributed by atoms with E-state index in [2.05, 4.69) is 41.6 Å². The maximum absolute atomic E-state index is 12.0. The van der Waals surface area contributed by atoms with Gasteiger partial charge >= 0.3 is 0 Å². The number of carbonyl (C=O) groups is 1.